The molecule has 0 unspecified atom stereocenters. The molecule has 162 valence electrons. The van der Waals surface area contributed by atoms with Crippen molar-refractivity contribution in [3.05, 3.63) is 34.4 Å². The fourth-order valence-corrected chi connectivity index (χ4v) is 4.20. The van der Waals surface area contributed by atoms with Gasteiger partial charge in [0.25, 0.3) is 0 Å². The number of ether oxygens (including phenoxy) is 1. The summed E-state index contributed by atoms with van der Waals surface area (Å²) in [4.78, 5) is 28.7. The standard InChI is InChI=1S/C21H27BrN4O4/c1-14(27)25-21(11-5-3-4-6-12-21)20-24-19(30-26-20)10-9-18(28)23-16-13-15(22)7-8-17(16)29-2/h7-8,13H,3-6,9-12H2,1-2H3,(H,23,28)(H,25,27). The minimum absolute atomic E-state index is 0.106. The minimum Gasteiger partial charge on any atom is -0.495 e. The highest BCUT2D eigenvalue weighted by Crippen LogP contribution is 2.34. The molecule has 1 aliphatic carbocycles. The number of aromatic nitrogens is 2. The Labute approximate surface area is 184 Å². The second kappa shape index (κ2) is 10.1. The number of nitrogens with zero attached hydrogens (tertiary/aromatic N) is 2. The maximum atomic E-state index is 12.4. The summed E-state index contributed by atoms with van der Waals surface area (Å²) in [7, 11) is 1.55. The fraction of sp³-hybridized carbons (Fsp3) is 0.524. The minimum atomic E-state index is -0.587. The monoisotopic (exact) mass is 478 g/mol. The van der Waals surface area contributed by atoms with Gasteiger partial charge in [-0.1, -0.05) is 46.8 Å². The second-order valence-corrected chi connectivity index (χ2v) is 8.50. The predicted octanol–water partition coefficient (Wildman–Crippen LogP) is 4.10. The van der Waals surface area contributed by atoms with Crippen LogP contribution in [0.3, 0.4) is 0 Å². The number of hydrogen-bond acceptors (Lipinski definition) is 6. The van der Waals surface area contributed by atoms with Gasteiger partial charge in [-0.2, -0.15) is 4.98 Å². The molecule has 9 heteroatoms. The summed E-state index contributed by atoms with van der Waals surface area (Å²) in [6.07, 6.45) is 6.33. The molecule has 0 bridgehead atoms. The summed E-state index contributed by atoms with van der Waals surface area (Å²) >= 11 is 3.39. The van der Waals surface area contributed by atoms with Crippen LogP contribution in [0.5, 0.6) is 5.75 Å². The lowest BCUT2D eigenvalue weighted by molar-refractivity contribution is -0.121. The first-order valence-corrected chi connectivity index (χ1v) is 11.0. The molecular formula is C21H27BrN4O4. The Balaban J connectivity index is 1.65. The molecule has 2 amide bonds. The molecule has 1 aromatic carbocycles. The van der Waals surface area contributed by atoms with Gasteiger partial charge in [-0.25, -0.2) is 0 Å². The number of carbonyl (C=O) groups excluding carboxylic acids is 2. The summed E-state index contributed by atoms with van der Waals surface area (Å²) in [5.41, 5.74) is 0.00176. The highest BCUT2D eigenvalue weighted by molar-refractivity contribution is 9.10. The molecule has 0 atom stereocenters. The molecule has 0 saturated heterocycles. The lowest BCUT2D eigenvalue weighted by atomic mass is 9.89. The van der Waals surface area contributed by atoms with Crippen molar-refractivity contribution in [2.45, 2.75) is 63.8 Å². The van der Waals surface area contributed by atoms with Crippen molar-refractivity contribution in [1.82, 2.24) is 15.5 Å². The molecule has 1 aromatic heterocycles. The Bertz CT molecular complexity index is 891. The van der Waals surface area contributed by atoms with Crippen LogP contribution in [-0.4, -0.2) is 29.1 Å². The van der Waals surface area contributed by atoms with Crippen LogP contribution in [0, 0.1) is 0 Å². The second-order valence-electron chi connectivity index (χ2n) is 7.58. The molecule has 1 aliphatic rings. The van der Waals surface area contributed by atoms with E-state index in [0.717, 1.165) is 43.0 Å². The van der Waals surface area contributed by atoms with E-state index >= 15 is 0 Å². The summed E-state index contributed by atoms with van der Waals surface area (Å²) in [6, 6.07) is 5.40. The lowest BCUT2D eigenvalue weighted by Gasteiger charge is -2.30. The highest BCUT2D eigenvalue weighted by atomic mass is 79.9. The fourth-order valence-electron chi connectivity index (χ4n) is 3.84. The van der Waals surface area contributed by atoms with Crippen LogP contribution in [0.1, 0.15) is 63.6 Å². The van der Waals surface area contributed by atoms with Crippen LogP contribution < -0.4 is 15.4 Å². The molecule has 30 heavy (non-hydrogen) atoms. The van der Waals surface area contributed by atoms with Crippen molar-refractivity contribution in [2.24, 2.45) is 0 Å². The third kappa shape index (κ3) is 5.59. The number of amides is 2. The number of hydrogen-bond donors (Lipinski definition) is 2. The van der Waals surface area contributed by atoms with Crippen molar-refractivity contribution in [1.29, 1.82) is 0 Å². The van der Waals surface area contributed by atoms with Gasteiger partial charge in [0.05, 0.1) is 12.8 Å². The lowest BCUT2D eigenvalue weighted by Crippen LogP contribution is -2.45. The number of anilines is 1. The number of rotatable bonds is 7. The predicted molar refractivity (Wildman–Crippen MR) is 115 cm³/mol. The molecule has 1 saturated carbocycles. The van der Waals surface area contributed by atoms with Crippen LogP contribution in [0.15, 0.2) is 27.2 Å². The SMILES string of the molecule is COc1ccc(Br)cc1NC(=O)CCc1nc(C2(NC(C)=O)CCCCCC2)no1. The van der Waals surface area contributed by atoms with Crippen LogP contribution >= 0.6 is 15.9 Å². The van der Waals surface area contributed by atoms with Gasteiger partial charge in [-0.3, -0.25) is 9.59 Å². The molecule has 1 heterocycles. The van der Waals surface area contributed by atoms with E-state index in [0.29, 0.717) is 29.6 Å². The van der Waals surface area contributed by atoms with E-state index in [1.54, 1.807) is 19.2 Å². The Kier molecular flexibility index (Phi) is 7.47. The maximum absolute atomic E-state index is 12.4. The normalized spacial score (nSPS) is 15.8. The molecule has 8 nitrogen and oxygen atoms in total. The van der Waals surface area contributed by atoms with E-state index in [1.165, 1.54) is 6.92 Å². The Morgan fingerprint density at radius 2 is 1.97 bits per heavy atom. The number of nitrogens with one attached hydrogen (secondary N) is 2. The summed E-state index contributed by atoms with van der Waals surface area (Å²) in [6.45, 7) is 1.51. The Morgan fingerprint density at radius 3 is 2.63 bits per heavy atom. The number of aryl methyl sites for hydroxylation is 1. The zero-order valence-electron chi connectivity index (χ0n) is 17.3. The van der Waals surface area contributed by atoms with E-state index in [-0.39, 0.29) is 18.2 Å². The Morgan fingerprint density at radius 1 is 1.23 bits per heavy atom. The van der Waals surface area contributed by atoms with Crippen LogP contribution in [0.2, 0.25) is 0 Å². The molecule has 0 aliphatic heterocycles. The Hall–Kier alpha value is -2.42. The summed E-state index contributed by atoms with van der Waals surface area (Å²) in [5, 5.41) is 10.1. The highest BCUT2D eigenvalue weighted by Gasteiger charge is 2.38. The smallest absolute Gasteiger partial charge is 0.227 e. The van der Waals surface area contributed by atoms with Crippen LogP contribution in [0.25, 0.3) is 0 Å². The van der Waals surface area contributed by atoms with Crippen molar-refractivity contribution in [2.75, 3.05) is 12.4 Å². The molecular weight excluding hydrogens is 452 g/mol. The molecule has 2 N–H and O–H groups in total. The van der Waals surface area contributed by atoms with Gasteiger partial charge in [0.15, 0.2) is 5.82 Å². The molecule has 3 rings (SSSR count). The van der Waals surface area contributed by atoms with Crippen LogP contribution in [0.4, 0.5) is 5.69 Å². The number of methoxy groups -OCH3 is 1. The third-order valence-electron chi connectivity index (χ3n) is 5.27. The zero-order chi connectivity index (χ0) is 21.6. The van der Waals surface area contributed by atoms with Crippen LogP contribution in [-0.2, 0) is 21.5 Å². The molecule has 0 radical (unpaired) electrons. The van der Waals surface area contributed by atoms with Crippen molar-refractivity contribution >= 4 is 33.4 Å². The third-order valence-corrected chi connectivity index (χ3v) is 5.76. The first-order chi connectivity index (χ1) is 14.4. The molecule has 2 aromatic rings. The van der Waals surface area contributed by atoms with Gasteiger partial charge >= 0.3 is 0 Å². The largest absolute Gasteiger partial charge is 0.495 e. The maximum Gasteiger partial charge on any atom is 0.227 e. The summed E-state index contributed by atoms with van der Waals surface area (Å²) in [5.74, 6) is 1.18. The molecule has 0 spiro atoms. The molecule has 1 fully saturated rings. The van der Waals surface area contributed by atoms with E-state index in [9.17, 15) is 9.59 Å². The van der Waals surface area contributed by atoms with Crippen molar-refractivity contribution in [3.63, 3.8) is 0 Å². The number of benzene rings is 1. The number of carbonyl (C=O) groups is 2. The van der Waals surface area contributed by atoms with Gasteiger partial charge in [0.2, 0.25) is 17.7 Å². The van der Waals surface area contributed by atoms with Gasteiger partial charge in [0.1, 0.15) is 11.3 Å². The zero-order valence-corrected chi connectivity index (χ0v) is 18.9. The van der Waals surface area contributed by atoms with Gasteiger partial charge < -0.3 is 19.9 Å². The van der Waals surface area contributed by atoms with Crippen molar-refractivity contribution in [3.8, 4) is 5.75 Å². The van der Waals surface area contributed by atoms with E-state index < -0.39 is 5.54 Å². The van der Waals surface area contributed by atoms with Gasteiger partial charge in [0, 0.05) is 24.2 Å². The van der Waals surface area contributed by atoms with Gasteiger partial charge in [-0.15, -0.1) is 0 Å². The van der Waals surface area contributed by atoms with Crippen molar-refractivity contribution < 1.29 is 18.8 Å². The van der Waals surface area contributed by atoms with E-state index in [4.69, 9.17) is 9.26 Å². The topological polar surface area (TPSA) is 106 Å². The summed E-state index contributed by atoms with van der Waals surface area (Å²) < 4.78 is 11.5. The van der Waals surface area contributed by atoms with Gasteiger partial charge in [-0.05, 0) is 31.0 Å². The van der Waals surface area contributed by atoms with E-state index in [2.05, 4.69) is 36.7 Å². The van der Waals surface area contributed by atoms with E-state index in [1.807, 2.05) is 6.07 Å². The first-order valence-electron chi connectivity index (χ1n) is 10.2. The average molecular weight is 479 g/mol. The average Bonchev–Trinajstić information content (AvgIpc) is 3.07. The quantitative estimate of drug-likeness (QED) is 0.580. The number of halogens is 1. The first kappa shape index (κ1) is 22.3.